The highest BCUT2D eigenvalue weighted by Crippen LogP contribution is 2.32. The molecule has 1 aromatic heterocycles. The van der Waals surface area contributed by atoms with E-state index >= 15 is 0 Å². The van der Waals surface area contributed by atoms with Crippen molar-refractivity contribution in [2.24, 2.45) is 5.92 Å². The molecule has 6 nitrogen and oxygen atoms in total. The third-order valence-electron chi connectivity index (χ3n) is 3.43. The van der Waals surface area contributed by atoms with Gasteiger partial charge in [-0.2, -0.15) is 0 Å². The van der Waals surface area contributed by atoms with Crippen LogP contribution in [0.4, 0.5) is 18.3 Å². The van der Waals surface area contributed by atoms with Gasteiger partial charge in [0.25, 0.3) is 0 Å². The summed E-state index contributed by atoms with van der Waals surface area (Å²) >= 11 is 0.985. The van der Waals surface area contributed by atoms with Gasteiger partial charge in [0.15, 0.2) is 15.0 Å². The molecule has 1 aromatic carbocycles. The topological polar surface area (TPSA) is 85.4 Å². The molecule has 0 saturated carbocycles. The van der Waals surface area contributed by atoms with Crippen molar-refractivity contribution in [1.29, 1.82) is 0 Å². The molecule has 1 saturated heterocycles. The molecule has 11 heteroatoms. The second kappa shape index (κ2) is 5.88. The maximum atomic E-state index is 12.2. The van der Waals surface area contributed by atoms with E-state index in [4.69, 9.17) is 0 Å². The van der Waals surface area contributed by atoms with E-state index < -0.39 is 28.0 Å². The number of carbonyl (C=O) groups excluding carboxylic acids is 1. The largest absolute Gasteiger partial charge is 0.573 e. The molecule has 1 aliphatic rings. The molecule has 1 aliphatic heterocycles. The standard InChI is InChI=1S/C13H11F3N2O4S2/c14-13(15,16)22-8-1-2-9-10(5-8)23-12(17-9)18-11(19)7-3-4-24(20,21)6-7/h1-2,5,7H,3-4,6H2,(H,17,18,19)/t7-/m0/s1. The van der Waals surface area contributed by atoms with Gasteiger partial charge in [0, 0.05) is 6.07 Å². The number of hydrogen-bond acceptors (Lipinski definition) is 6. The molecule has 0 bridgehead atoms. The molecule has 1 amide bonds. The molecule has 2 heterocycles. The van der Waals surface area contributed by atoms with E-state index in [1.165, 1.54) is 12.1 Å². The molecule has 1 fully saturated rings. The van der Waals surface area contributed by atoms with Crippen molar-refractivity contribution in [2.75, 3.05) is 16.8 Å². The first kappa shape index (κ1) is 17.0. The van der Waals surface area contributed by atoms with Gasteiger partial charge in [0.2, 0.25) is 5.91 Å². The van der Waals surface area contributed by atoms with E-state index in [1.807, 2.05) is 0 Å². The number of carbonyl (C=O) groups is 1. The van der Waals surface area contributed by atoms with Crippen LogP contribution in [0, 0.1) is 5.92 Å². The lowest BCUT2D eigenvalue weighted by Crippen LogP contribution is -2.23. The number of hydrogen-bond donors (Lipinski definition) is 1. The van der Waals surface area contributed by atoms with Crippen molar-refractivity contribution >= 4 is 42.4 Å². The summed E-state index contributed by atoms with van der Waals surface area (Å²) in [6.45, 7) is 0. The molecule has 2 aromatic rings. The Morgan fingerprint density at radius 3 is 2.75 bits per heavy atom. The van der Waals surface area contributed by atoms with Crippen LogP contribution in [0.1, 0.15) is 6.42 Å². The third-order valence-corrected chi connectivity index (χ3v) is 6.13. The van der Waals surface area contributed by atoms with Crippen molar-refractivity contribution < 1.29 is 31.1 Å². The highest BCUT2D eigenvalue weighted by molar-refractivity contribution is 7.91. The number of ether oxygens (including phenoxy) is 1. The van der Waals surface area contributed by atoms with Crippen LogP contribution in [0.25, 0.3) is 10.2 Å². The van der Waals surface area contributed by atoms with E-state index in [-0.39, 0.29) is 28.8 Å². The van der Waals surface area contributed by atoms with Crippen molar-refractivity contribution in [1.82, 2.24) is 4.98 Å². The number of thiazole rings is 1. The van der Waals surface area contributed by atoms with Crippen molar-refractivity contribution in [3.8, 4) is 5.75 Å². The van der Waals surface area contributed by atoms with Crippen LogP contribution in [-0.4, -0.2) is 37.2 Å². The third kappa shape index (κ3) is 3.96. The fraction of sp³-hybridized carbons (Fsp3) is 0.385. The zero-order valence-electron chi connectivity index (χ0n) is 12.0. The molecule has 0 unspecified atom stereocenters. The van der Waals surface area contributed by atoms with Crippen LogP contribution in [0.3, 0.4) is 0 Å². The minimum absolute atomic E-state index is 0.0247. The van der Waals surface area contributed by atoms with E-state index in [0.717, 1.165) is 17.4 Å². The van der Waals surface area contributed by atoms with E-state index in [9.17, 15) is 26.4 Å². The first-order valence-electron chi connectivity index (χ1n) is 6.79. The predicted octanol–water partition coefficient (Wildman–Crippen LogP) is 2.57. The van der Waals surface area contributed by atoms with E-state index in [2.05, 4.69) is 15.0 Å². The average molecular weight is 380 g/mol. The molecule has 0 aliphatic carbocycles. The number of nitrogens with zero attached hydrogens (tertiary/aromatic N) is 1. The van der Waals surface area contributed by atoms with Crippen LogP contribution < -0.4 is 10.1 Å². The summed E-state index contributed by atoms with van der Waals surface area (Å²) in [4.78, 5) is 16.1. The Labute approximate surface area is 138 Å². The molecule has 1 atom stereocenters. The number of fused-ring (bicyclic) bond motifs is 1. The molecule has 130 valence electrons. The summed E-state index contributed by atoms with van der Waals surface area (Å²) in [6.07, 6.45) is -4.54. The summed E-state index contributed by atoms with van der Waals surface area (Å²) in [5.41, 5.74) is 0.406. The Hall–Kier alpha value is -1.88. The monoisotopic (exact) mass is 380 g/mol. The van der Waals surface area contributed by atoms with Gasteiger partial charge in [-0.3, -0.25) is 4.79 Å². The number of anilines is 1. The van der Waals surface area contributed by atoms with Crippen LogP contribution >= 0.6 is 11.3 Å². The highest BCUT2D eigenvalue weighted by atomic mass is 32.2. The first-order chi connectivity index (χ1) is 11.1. The Morgan fingerprint density at radius 2 is 2.12 bits per heavy atom. The Kier molecular flexibility index (Phi) is 4.16. The van der Waals surface area contributed by atoms with Gasteiger partial charge in [0.05, 0.1) is 27.6 Å². The fourth-order valence-electron chi connectivity index (χ4n) is 2.36. The quantitative estimate of drug-likeness (QED) is 0.885. The summed E-state index contributed by atoms with van der Waals surface area (Å²) in [5, 5.41) is 2.72. The lowest BCUT2D eigenvalue weighted by molar-refractivity contribution is -0.274. The van der Waals surface area contributed by atoms with Crippen LogP contribution in [0.15, 0.2) is 18.2 Å². The van der Waals surface area contributed by atoms with Crippen molar-refractivity contribution in [3.63, 3.8) is 0 Å². The van der Waals surface area contributed by atoms with Gasteiger partial charge in [-0.05, 0) is 18.6 Å². The molecule has 1 N–H and O–H groups in total. The first-order valence-corrected chi connectivity index (χ1v) is 9.43. The molecule has 0 radical (unpaired) electrons. The summed E-state index contributed by atoms with van der Waals surface area (Å²) in [7, 11) is -3.18. The number of aromatic nitrogens is 1. The van der Waals surface area contributed by atoms with Gasteiger partial charge in [-0.15, -0.1) is 13.2 Å². The maximum Gasteiger partial charge on any atom is 0.573 e. The predicted molar refractivity (Wildman–Crippen MR) is 81.7 cm³/mol. The van der Waals surface area contributed by atoms with Gasteiger partial charge in [-0.1, -0.05) is 11.3 Å². The Morgan fingerprint density at radius 1 is 1.38 bits per heavy atom. The number of alkyl halides is 3. The maximum absolute atomic E-state index is 12.2. The lowest BCUT2D eigenvalue weighted by Gasteiger charge is -2.07. The number of nitrogens with one attached hydrogen (secondary N) is 1. The number of amides is 1. The fourth-order valence-corrected chi connectivity index (χ4v) is 5.00. The van der Waals surface area contributed by atoms with Crippen LogP contribution in [-0.2, 0) is 14.6 Å². The lowest BCUT2D eigenvalue weighted by atomic mass is 10.1. The van der Waals surface area contributed by atoms with Crippen LogP contribution in [0.2, 0.25) is 0 Å². The summed E-state index contributed by atoms with van der Waals surface area (Å²) < 4.78 is 63.7. The SMILES string of the molecule is O=C(Nc1nc2ccc(OC(F)(F)F)cc2s1)[C@H]1CCS(=O)(=O)C1. The molecular weight excluding hydrogens is 369 g/mol. The number of halogens is 3. The van der Waals surface area contributed by atoms with E-state index in [1.54, 1.807) is 0 Å². The summed E-state index contributed by atoms with van der Waals surface area (Å²) in [5.74, 6) is -1.69. The molecular formula is C13H11F3N2O4S2. The van der Waals surface area contributed by atoms with Gasteiger partial charge >= 0.3 is 6.36 Å². The van der Waals surface area contributed by atoms with Gasteiger partial charge in [0.1, 0.15) is 5.75 Å². The molecule has 0 spiro atoms. The molecule has 24 heavy (non-hydrogen) atoms. The van der Waals surface area contributed by atoms with Gasteiger partial charge < -0.3 is 10.1 Å². The second-order valence-corrected chi connectivity index (χ2v) is 8.54. The zero-order chi connectivity index (χ0) is 17.5. The second-order valence-electron chi connectivity index (χ2n) is 5.29. The normalized spacial score (nSPS) is 20.2. The minimum Gasteiger partial charge on any atom is -0.406 e. The Bertz CT molecular complexity index is 892. The van der Waals surface area contributed by atoms with E-state index in [0.29, 0.717) is 10.2 Å². The smallest absolute Gasteiger partial charge is 0.406 e. The Balaban J connectivity index is 1.75. The number of rotatable bonds is 3. The average Bonchev–Trinajstić information content (AvgIpc) is 2.99. The minimum atomic E-state index is -4.79. The zero-order valence-corrected chi connectivity index (χ0v) is 13.6. The summed E-state index contributed by atoms with van der Waals surface area (Å²) in [6, 6.07) is 3.66. The highest BCUT2D eigenvalue weighted by Gasteiger charge is 2.33. The molecule has 3 rings (SSSR count). The number of sulfone groups is 1. The van der Waals surface area contributed by atoms with Crippen molar-refractivity contribution in [2.45, 2.75) is 12.8 Å². The van der Waals surface area contributed by atoms with Crippen molar-refractivity contribution in [3.05, 3.63) is 18.2 Å². The van der Waals surface area contributed by atoms with Crippen LogP contribution in [0.5, 0.6) is 5.75 Å². The van der Waals surface area contributed by atoms with Gasteiger partial charge in [-0.25, -0.2) is 13.4 Å². The number of benzene rings is 1.